The molecule has 0 unspecified atom stereocenters. The second-order valence-electron chi connectivity index (χ2n) is 18.1. The van der Waals surface area contributed by atoms with Crippen LogP contribution in [-0.2, 0) is 19.1 Å². The van der Waals surface area contributed by atoms with Crippen LogP contribution in [0.25, 0.3) is 0 Å². The van der Waals surface area contributed by atoms with Gasteiger partial charge in [0, 0.05) is 12.8 Å². The summed E-state index contributed by atoms with van der Waals surface area (Å²) in [6, 6.07) is 0. The van der Waals surface area contributed by atoms with Gasteiger partial charge in [0.15, 0.2) is 0 Å². The summed E-state index contributed by atoms with van der Waals surface area (Å²) >= 11 is 0. The average Bonchev–Trinajstić information content (AvgIpc) is 3.16. The molecule has 0 amide bonds. The second kappa shape index (κ2) is 46.9. The third kappa shape index (κ3) is 47.6. The Kier molecular flexibility index (Phi) is 48.0. The normalized spacial score (nSPS) is 11.5. The first-order valence-electron chi connectivity index (χ1n) is 25.0. The van der Waals surface area contributed by atoms with Gasteiger partial charge in [0.1, 0.15) is 26.3 Å². The molecule has 0 radical (unpaired) electrons. The lowest BCUT2D eigenvalue weighted by Gasteiger charge is -2.29. The first-order valence-corrected chi connectivity index (χ1v) is 25.0. The predicted octanol–water partition coefficient (Wildman–Crippen LogP) is 12.8. The fraction of sp³-hybridized carbons (Fsp3) is 0.960. The molecule has 0 rings (SSSR count). The highest BCUT2D eigenvalue weighted by atomic mass is 35.5. The second-order valence-corrected chi connectivity index (χ2v) is 18.1. The molecule has 56 heavy (non-hydrogen) atoms. The van der Waals surface area contributed by atoms with Gasteiger partial charge in [-0.3, -0.25) is 9.59 Å². The molecule has 0 N–H and O–H groups in total. The van der Waals surface area contributed by atoms with Gasteiger partial charge in [0.25, 0.3) is 0 Å². The number of rotatable bonds is 46. The topological polar surface area (TPSA) is 52.6 Å². The van der Waals surface area contributed by atoms with Crippen LogP contribution in [-0.4, -0.2) is 56.8 Å². The highest BCUT2D eigenvalue weighted by Crippen LogP contribution is 2.17. The minimum absolute atomic E-state index is 0. The molecule has 0 fully saturated rings. The molecule has 0 aliphatic carbocycles. The summed E-state index contributed by atoms with van der Waals surface area (Å²) in [5, 5.41) is 0. The zero-order chi connectivity index (χ0) is 40.2. The molecule has 0 aromatic heterocycles. The van der Waals surface area contributed by atoms with E-state index in [0.29, 0.717) is 30.5 Å². The molecule has 0 heterocycles. The summed E-state index contributed by atoms with van der Waals surface area (Å²) in [4.78, 5) is 24.4. The van der Waals surface area contributed by atoms with Gasteiger partial charge in [0.2, 0.25) is 0 Å². The molecule has 0 aromatic carbocycles. The average molecular weight is 815 g/mol. The lowest BCUT2D eigenvalue weighted by molar-refractivity contribution is -0.890. The molecular formula is C50H100ClNO4. The fourth-order valence-corrected chi connectivity index (χ4v) is 7.76. The molecule has 0 atom stereocenters. The van der Waals surface area contributed by atoms with Crippen molar-refractivity contribution >= 4 is 11.9 Å². The summed E-state index contributed by atoms with van der Waals surface area (Å²) in [5.41, 5.74) is 0. The monoisotopic (exact) mass is 814 g/mol. The molecule has 5 nitrogen and oxygen atoms in total. The summed E-state index contributed by atoms with van der Waals surface area (Å²) in [7, 11) is 4.22. The Bertz CT molecular complexity index is 729. The van der Waals surface area contributed by atoms with Gasteiger partial charge in [0.05, 0.1) is 14.1 Å². The van der Waals surface area contributed by atoms with Crippen LogP contribution in [0.15, 0.2) is 0 Å². The molecular weight excluding hydrogens is 714 g/mol. The van der Waals surface area contributed by atoms with E-state index in [2.05, 4.69) is 27.9 Å². The lowest BCUT2D eigenvalue weighted by Crippen LogP contribution is -3.00. The van der Waals surface area contributed by atoms with E-state index < -0.39 is 0 Å². The van der Waals surface area contributed by atoms with Crippen LogP contribution in [0.1, 0.15) is 271 Å². The number of unbranched alkanes of at least 4 members (excludes halogenated alkanes) is 36. The van der Waals surface area contributed by atoms with Crippen molar-refractivity contribution in [3.8, 4) is 0 Å². The van der Waals surface area contributed by atoms with E-state index in [1.54, 1.807) is 0 Å². The molecule has 0 saturated heterocycles. The summed E-state index contributed by atoms with van der Waals surface area (Å²) in [5.74, 6) is -0.143. The van der Waals surface area contributed by atoms with E-state index in [1.165, 1.54) is 218 Å². The molecule has 0 bridgehead atoms. The van der Waals surface area contributed by atoms with E-state index in [0.717, 1.165) is 38.8 Å². The fourth-order valence-electron chi connectivity index (χ4n) is 7.76. The number of halogens is 1. The third-order valence-electron chi connectivity index (χ3n) is 11.9. The van der Waals surface area contributed by atoms with E-state index in [1.807, 2.05) is 0 Å². The Balaban J connectivity index is 0. The van der Waals surface area contributed by atoms with Crippen molar-refractivity contribution in [2.75, 3.05) is 40.4 Å². The Morgan fingerprint density at radius 2 is 0.500 bits per heavy atom. The number of ether oxygens (including phenoxy) is 2. The van der Waals surface area contributed by atoms with Gasteiger partial charge in [-0.15, -0.1) is 0 Å². The van der Waals surface area contributed by atoms with Crippen molar-refractivity contribution in [3.63, 3.8) is 0 Å². The maximum Gasteiger partial charge on any atom is 0.305 e. The Labute approximate surface area is 357 Å². The van der Waals surface area contributed by atoms with Crippen LogP contribution in [0.3, 0.4) is 0 Å². The summed E-state index contributed by atoms with van der Waals surface area (Å²) < 4.78 is 11.7. The number of likely N-dealkylation sites (N-methyl/N-ethyl adjacent to an activating group) is 1. The van der Waals surface area contributed by atoms with Crippen LogP contribution in [0.4, 0.5) is 0 Å². The van der Waals surface area contributed by atoms with Gasteiger partial charge in [-0.05, 0) is 12.8 Å². The number of esters is 2. The molecule has 336 valence electrons. The lowest BCUT2D eigenvalue weighted by atomic mass is 10.0. The van der Waals surface area contributed by atoms with E-state index in [9.17, 15) is 9.59 Å². The number of hydrogen-bond donors (Lipinski definition) is 0. The van der Waals surface area contributed by atoms with Crippen molar-refractivity contribution in [3.05, 3.63) is 0 Å². The predicted molar refractivity (Wildman–Crippen MR) is 240 cm³/mol. The van der Waals surface area contributed by atoms with Crippen molar-refractivity contribution in [1.29, 1.82) is 0 Å². The Morgan fingerprint density at radius 1 is 0.321 bits per heavy atom. The van der Waals surface area contributed by atoms with E-state index in [4.69, 9.17) is 9.47 Å². The van der Waals surface area contributed by atoms with Crippen LogP contribution in [0, 0.1) is 0 Å². The first kappa shape index (κ1) is 57.3. The molecule has 0 aliphatic heterocycles. The van der Waals surface area contributed by atoms with Gasteiger partial charge in [-0.2, -0.15) is 0 Å². The maximum absolute atomic E-state index is 12.2. The Morgan fingerprint density at radius 3 is 0.696 bits per heavy atom. The van der Waals surface area contributed by atoms with Gasteiger partial charge < -0.3 is 26.4 Å². The van der Waals surface area contributed by atoms with Gasteiger partial charge in [-0.25, -0.2) is 0 Å². The van der Waals surface area contributed by atoms with E-state index in [-0.39, 0.29) is 24.3 Å². The van der Waals surface area contributed by atoms with Gasteiger partial charge >= 0.3 is 11.9 Å². The molecule has 0 aliphatic rings. The quantitative estimate of drug-likeness (QED) is 0.0349. The number of hydrogen-bond acceptors (Lipinski definition) is 4. The van der Waals surface area contributed by atoms with Crippen LogP contribution >= 0.6 is 0 Å². The van der Waals surface area contributed by atoms with Crippen LogP contribution in [0.2, 0.25) is 0 Å². The third-order valence-corrected chi connectivity index (χ3v) is 11.9. The molecule has 0 aromatic rings. The molecule has 0 saturated carbocycles. The van der Waals surface area contributed by atoms with Crippen molar-refractivity contribution in [2.45, 2.75) is 271 Å². The first-order chi connectivity index (χ1) is 26.9. The minimum atomic E-state index is -0.0713. The zero-order valence-electron chi connectivity index (χ0n) is 38.6. The van der Waals surface area contributed by atoms with Gasteiger partial charge in [-0.1, -0.05) is 245 Å². The van der Waals surface area contributed by atoms with Crippen molar-refractivity contribution < 1.29 is 36.0 Å². The van der Waals surface area contributed by atoms with Crippen molar-refractivity contribution in [2.24, 2.45) is 0 Å². The minimum Gasteiger partial charge on any atom is -1.00 e. The number of carbonyl (C=O) groups is 2. The maximum atomic E-state index is 12.2. The highest BCUT2D eigenvalue weighted by Gasteiger charge is 2.17. The summed E-state index contributed by atoms with van der Waals surface area (Å²) in [6.07, 6.45) is 52.7. The SMILES string of the molecule is CCCCCCCCCCCCCCCCCCCCCC(=O)OCC[N+](C)(C)CCOC(=O)CCCCCCCCCCCCCCCCCCCCC.[Cl-]. The zero-order valence-corrected chi connectivity index (χ0v) is 39.3. The van der Waals surface area contributed by atoms with E-state index >= 15 is 0 Å². The van der Waals surface area contributed by atoms with Crippen LogP contribution < -0.4 is 12.4 Å². The Hall–Kier alpha value is -0.810. The van der Waals surface area contributed by atoms with Crippen molar-refractivity contribution in [1.82, 2.24) is 0 Å². The number of quaternary nitrogens is 1. The molecule has 0 spiro atoms. The standard InChI is InChI=1S/C50H100NO4.ClH/c1-5-7-9-11-13-15-17-19-21-23-25-27-29-31-33-35-37-39-41-43-49(52)54-47-45-51(3,4)46-48-55-50(53)44-42-40-38-36-34-32-30-28-26-24-22-20-18-16-14-12-10-8-6-2;/h5-48H2,1-4H3;1H/q+1;/p-1. The molecule has 6 heteroatoms. The number of nitrogens with zero attached hydrogens (tertiary/aromatic N) is 1. The number of carbonyl (C=O) groups excluding carboxylic acids is 2. The smallest absolute Gasteiger partial charge is 0.305 e. The van der Waals surface area contributed by atoms with Crippen LogP contribution in [0.5, 0.6) is 0 Å². The highest BCUT2D eigenvalue weighted by molar-refractivity contribution is 5.69. The summed E-state index contributed by atoms with van der Waals surface area (Å²) in [6.45, 7) is 6.92. The largest absolute Gasteiger partial charge is 1.00 e.